The van der Waals surface area contributed by atoms with Crippen LogP contribution in [-0.4, -0.2) is 24.4 Å². The van der Waals surface area contributed by atoms with Crippen molar-refractivity contribution < 1.29 is 27.4 Å². The minimum atomic E-state index is -4.96. The lowest BCUT2D eigenvalue weighted by Gasteiger charge is -2.14. The largest absolute Gasteiger partial charge is 0.574 e. The molecule has 4 N–H and O–H groups in total. The van der Waals surface area contributed by atoms with Crippen LogP contribution in [0.2, 0.25) is 0 Å². The molecule has 0 spiro atoms. The molecule has 9 heteroatoms. The fourth-order valence-electron chi connectivity index (χ4n) is 1.18. The zero-order valence-corrected chi connectivity index (χ0v) is 9.25. The second-order valence-corrected chi connectivity index (χ2v) is 3.12. The zero-order valence-electron chi connectivity index (χ0n) is 9.25. The second-order valence-electron chi connectivity index (χ2n) is 3.12. The number of methoxy groups -OCH3 is 1. The molecule has 6 nitrogen and oxygen atoms in total. The van der Waals surface area contributed by atoms with Crippen LogP contribution in [0, 0.1) is 0 Å². The van der Waals surface area contributed by atoms with Gasteiger partial charge in [0.25, 0.3) is 0 Å². The van der Waals surface area contributed by atoms with E-state index in [9.17, 15) is 18.0 Å². The van der Waals surface area contributed by atoms with Crippen molar-refractivity contribution >= 4 is 11.7 Å². The molecule has 0 fully saturated rings. The number of hydrogen-bond acceptors (Lipinski definition) is 6. The third-order valence-corrected chi connectivity index (χ3v) is 1.93. The summed E-state index contributed by atoms with van der Waals surface area (Å²) in [5, 5.41) is 0. The highest BCUT2D eigenvalue weighted by atomic mass is 19.4. The number of nitrogen functional groups attached to an aromatic ring is 1. The first-order chi connectivity index (χ1) is 8.28. The van der Waals surface area contributed by atoms with Crippen LogP contribution in [0.1, 0.15) is 16.1 Å². The highest BCUT2D eigenvalue weighted by Crippen LogP contribution is 2.28. The molecular formula is C9H10F3N3O3. The maximum Gasteiger partial charge on any atom is 0.574 e. The van der Waals surface area contributed by atoms with Gasteiger partial charge in [0.05, 0.1) is 12.7 Å². The smallest absolute Gasteiger partial charge is 0.464 e. The second kappa shape index (κ2) is 5.08. The molecule has 1 heterocycles. The van der Waals surface area contributed by atoms with Crippen molar-refractivity contribution in [2.45, 2.75) is 12.9 Å². The Morgan fingerprint density at radius 2 is 2.11 bits per heavy atom. The van der Waals surface area contributed by atoms with Crippen molar-refractivity contribution in [1.82, 2.24) is 4.98 Å². The van der Waals surface area contributed by atoms with Crippen LogP contribution < -0.4 is 16.2 Å². The Morgan fingerprint density at radius 3 is 2.56 bits per heavy atom. The topological polar surface area (TPSA) is 100 Å². The molecule has 0 aromatic carbocycles. The van der Waals surface area contributed by atoms with Gasteiger partial charge in [-0.3, -0.25) is 0 Å². The fourth-order valence-corrected chi connectivity index (χ4v) is 1.18. The minimum Gasteiger partial charge on any atom is -0.464 e. The van der Waals surface area contributed by atoms with Crippen LogP contribution in [-0.2, 0) is 11.3 Å². The number of carbonyl (C=O) groups is 1. The van der Waals surface area contributed by atoms with Gasteiger partial charge in [0.1, 0.15) is 0 Å². The quantitative estimate of drug-likeness (QED) is 0.784. The summed E-state index contributed by atoms with van der Waals surface area (Å²) < 4.78 is 44.4. The van der Waals surface area contributed by atoms with Crippen LogP contribution in [0.25, 0.3) is 0 Å². The van der Waals surface area contributed by atoms with Gasteiger partial charge in [-0.15, -0.1) is 13.2 Å². The maximum absolute atomic E-state index is 12.1. The van der Waals surface area contributed by atoms with E-state index in [0.717, 1.165) is 13.2 Å². The van der Waals surface area contributed by atoms with E-state index in [1.54, 1.807) is 0 Å². The van der Waals surface area contributed by atoms with Gasteiger partial charge >= 0.3 is 12.3 Å². The van der Waals surface area contributed by atoms with Gasteiger partial charge in [-0.1, -0.05) is 0 Å². The SMILES string of the molecule is COC(=O)c1cc(N)c(CN)c(OC(F)(F)F)n1. The third kappa shape index (κ3) is 3.23. The first kappa shape index (κ1) is 14.0. The number of aromatic nitrogens is 1. The number of carbonyl (C=O) groups excluding carboxylic acids is 1. The standard InChI is InChI=1S/C9H10F3N3O3/c1-17-8(16)6-2-5(14)4(3-13)7(15-6)18-9(10,11)12/h2H,3,13H2,1H3,(H2,14,15). The molecule has 1 aromatic rings. The first-order valence-electron chi connectivity index (χ1n) is 4.62. The van der Waals surface area contributed by atoms with Crippen LogP contribution in [0.5, 0.6) is 5.88 Å². The molecule has 0 aliphatic rings. The average Bonchev–Trinajstić information content (AvgIpc) is 2.25. The summed E-state index contributed by atoms with van der Waals surface area (Å²) in [6, 6.07) is 1.07. The number of esters is 1. The lowest BCUT2D eigenvalue weighted by Crippen LogP contribution is -2.21. The van der Waals surface area contributed by atoms with E-state index in [1.165, 1.54) is 0 Å². The Bertz CT molecular complexity index is 462. The van der Waals surface area contributed by atoms with E-state index in [-0.39, 0.29) is 17.8 Å². The van der Waals surface area contributed by atoms with Crippen molar-refractivity contribution in [2.24, 2.45) is 5.73 Å². The predicted molar refractivity (Wildman–Crippen MR) is 54.6 cm³/mol. The molecular weight excluding hydrogens is 255 g/mol. The molecule has 100 valence electrons. The summed E-state index contributed by atoms with van der Waals surface area (Å²) in [5.74, 6) is -1.79. The average molecular weight is 265 g/mol. The number of nitrogens with zero attached hydrogens (tertiary/aromatic N) is 1. The molecule has 0 aliphatic carbocycles. The van der Waals surface area contributed by atoms with Crippen molar-refractivity contribution in [3.63, 3.8) is 0 Å². The van der Waals surface area contributed by atoms with E-state index in [1.807, 2.05) is 0 Å². The number of alkyl halides is 3. The van der Waals surface area contributed by atoms with E-state index in [4.69, 9.17) is 11.5 Å². The summed E-state index contributed by atoms with van der Waals surface area (Å²) in [5.41, 5.74) is 10.0. The Labute approximate surface area is 99.7 Å². The Hall–Kier alpha value is -2.03. The summed E-state index contributed by atoms with van der Waals surface area (Å²) >= 11 is 0. The number of rotatable bonds is 3. The molecule has 0 bridgehead atoms. The van der Waals surface area contributed by atoms with Crippen LogP contribution in [0.3, 0.4) is 0 Å². The Kier molecular flexibility index (Phi) is 3.96. The highest BCUT2D eigenvalue weighted by molar-refractivity contribution is 5.88. The monoisotopic (exact) mass is 265 g/mol. The van der Waals surface area contributed by atoms with Gasteiger partial charge in [-0.2, -0.15) is 0 Å². The molecule has 1 rings (SSSR count). The Balaban J connectivity index is 3.28. The number of nitrogens with two attached hydrogens (primary N) is 2. The third-order valence-electron chi connectivity index (χ3n) is 1.93. The van der Waals surface area contributed by atoms with Crippen molar-refractivity contribution in [1.29, 1.82) is 0 Å². The summed E-state index contributed by atoms with van der Waals surface area (Å²) in [7, 11) is 1.06. The number of pyridine rings is 1. The molecule has 0 saturated heterocycles. The summed E-state index contributed by atoms with van der Waals surface area (Å²) in [6.45, 7) is -0.314. The van der Waals surface area contributed by atoms with Crippen molar-refractivity contribution in [3.05, 3.63) is 17.3 Å². The number of ether oxygens (including phenoxy) is 2. The number of anilines is 1. The van der Waals surface area contributed by atoms with Crippen molar-refractivity contribution in [2.75, 3.05) is 12.8 Å². The number of halogens is 3. The zero-order chi connectivity index (χ0) is 13.9. The predicted octanol–water partition coefficient (Wildman–Crippen LogP) is 0.808. The molecule has 0 saturated carbocycles. The maximum atomic E-state index is 12.1. The van der Waals surface area contributed by atoms with Gasteiger partial charge in [0, 0.05) is 12.2 Å². The molecule has 0 amide bonds. The normalized spacial score (nSPS) is 11.2. The molecule has 0 aliphatic heterocycles. The lowest BCUT2D eigenvalue weighted by atomic mass is 10.2. The molecule has 0 radical (unpaired) electrons. The highest BCUT2D eigenvalue weighted by Gasteiger charge is 2.33. The minimum absolute atomic E-state index is 0.132. The summed E-state index contributed by atoms with van der Waals surface area (Å²) in [4.78, 5) is 14.6. The van der Waals surface area contributed by atoms with E-state index >= 15 is 0 Å². The Morgan fingerprint density at radius 1 is 1.50 bits per heavy atom. The van der Waals surface area contributed by atoms with Gasteiger partial charge in [0.2, 0.25) is 5.88 Å². The molecule has 1 aromatic heterocycles. The van der Waals surface area contributed by atoms with E-state index < -0.39 is 23.9 Å². The fraction of sp³-hybridized carbons (Fsp3) is 0.333. The van der Waals surface area contributed by atoms with Gasteiger partial charge in [-0.25, -0.2) is 9.78 Å². The van der Waals surface area contributed by atoms with Crippen LogP contribution in [0.15, 0.2) is 6.07 Å². The van der Waals surface area contributed by atoms with Gasteiger partial charge < -0.3 is 20.9 Å². The van der Waals surface area contributed by atoms with Crippen LogP contribution >= 0.6 is 0 Å². The molecule has 18 heavy (non-hydrogen) atoms. The molecule has 0 atom stereocenters. The lowest BCUT2D eigenvalue weighted by molar-refractivity contribution is -0.276. The first-order valence-corrected chi connectivity index (χ1v) is 4.62. The molecule has 0 unspecified atom stereocenters. The summed E-state index contributed by atoms with van der Waals surface area (Å²) in [6.07, 6.45) is -4.96. The van der Waals surface area contributed by atoms with Crippen molar-refractivity contribution in [3.8, 4) is 5.88 Å². The van der Waals surface area contributed by atoms with E-state index in [0.29, 0.717) is 0 Å². The van der Waals surface area contributed by atoms with Crippen LogP contribution in [0.4, 0.5) is 18.9 Å². The van der Waals surface area contributed by atoms with Gasteiger partial charge in [-0.05, 0) is 6.07 Å². The van der Waals surface area contributed by atoms with Gasteiger partial charge in [0.15, 0.2) is 5.69 Å². The van der Waals surface area contributed by atoms with E-state index in [2.05, 4.69) is 14.5 Å². The number of hydrogen-bond donors (Lipinski definition) is 2.